The van der Waals surface area contributed by atoms with Crippen molar-refractivity contribution in [2.45, 2.75) is 39.0 Å². The van der Waals surface area contributed by atoms with Crippen LogP contribution in [0.4, 0.5) is 11.4 Å². The van der Waals surface area contributed by atoms with Crippen LogP contribution in [0.1, 0.15) is 27.2 Å². The van der Waals surface area contributed by atoms with E-state index in [2.05, 4.69) is 10.4 Å². The van der Waals surface area contributed by atoms with E-state index in [1.165, 1.54) is 0 Å². The number of amides is 1. The molecule has 0 aliphatic carbocycles. The van der Waals surface area contributed by atoms with Crippen LogP contribution in [-0.2, 0) is 14.3 Å². The summed E-state index contributed by atoms with van der Waals surface area (Å²) >= 11 is 0. The lowest BCUT2D eigenvalue weighted by Gasteiger charge is -2.22. The van der Waals surface area contributed by atoms with Crippen molar-refractivity contribution < 1.29 is 23.8 Å². The highest BCUT2D eigenvalue weighted by molar-refractivity contribution is 6.38. The zero-order valence-electron chi connectivity index (χ0n) is 17.0. The van der Waals surface area contributed by atoms with Crippen molar-refractivity contribution in [3.8, 4) is 11.5 Å². The predicted octanol–water partition coefficient (Wildman–Crippen LogP) is 3.33. The van der Waals surface area contributed by atoms with E-state index < -0.39 is 17.8 Å². The first-order valence-corrected chi connectivity index (χ1v) is 9.78. The molecule has 0 aromatic heterocycles. The summed E-state index contributed by atoms with van der Waals surface area (Å²) in [6.07, 6.45) is 0.150. The smallest absolute Gasteiger partial charge is 0.354 e. The van der Waals surface area contributed by atoms with Gasteiger partial charge in [-0.15, -0.1) is 0 Å². The molecule has 2 aliphatic rings. The number of nitrogens with zero attached hydrogens (tertiary/aromatic N) is 2. The Bertz CT molecular complexity index is 1000. The number of fused-ring (bicyclic) bond motifs is 1. The highest BCUT2D eigenvalue weighted by atomic mass is 16.7. The van der Waals surface area contributed by atoms with E-state index in [4.69, 9.17) is 14.2 Å². The van der Waals surface area contributed by atoms with Gasteiger partial charge in [0.2, 0.25) is 11.7 Å². The summed E-state index contributed by atoms with van der Waals surface area (Å²) in [4.78, 5) is 25.3. The molecule has 2 aliphatic heterocycles. The van der Waals surface area contributed by atoms with E-state index in [0.717, 1.165) is 0 Å². The van der Waals surface area contributed by atoms with Crippen molar-refractivity contribution in [1.29, 1.82) is 0 Å². The van der Waals surface area contributed by atoms with E-state index in [-0.39, 0.29) is 24.6 Å². The van der Waals surface area contributed by atoms with Gasteiger partial charge in [-0.1, -0.05) is 18.2 Å². The topological polar surface area (TPSA) is 89.5 Å². The van der Waals surface area contributed by atoms with Gasteiger partial charge in [0.15, 0.2) is 11.5 Å². The second-order valence-corrected chi connectivity index (χ2v) is 7.42. The Hall–Kier alpha value is -3.55. The number of rotatable bonds is 5. The summed E-state index contributed by atoms with van der Waals surface area (Å²) in [7, 11) is 0. The Labute approximate surface area is 174 Å². The molecule has 0 spiro atoms. The van der Waals surface area contributed by atoms with Crippen LogP contribution in [0, 0.1) is 0 Å². The van der Waals surface area contributed by atoms with Crippen molar-refractivity contribution in [3.05, 3.63) is 48.5 Å². The summed E-state index contributed by atoms with van der Waals surface area (Å²) in [5, 5.41) is 8.81. The number of para-hydroxylation sites is 1. The SMILES string of the molecule is CCOC(=O)C1=NN(c2ccccc2)C(C(=O)Nc2ccc3c(c2)OC(C)(C)O3)C1. The molecule has 1 N–H and O–H groups in total. The molecular formula is C22H23N3O5. The van der Waals surface area contributed by atoms with Crippen LogP contribution < -0.4 is 19.8 Å². The predicted molar refractivity (Wildman–Crippen MR) is 112 cm³/mol. The van der Waals surface area contributed by atoms with E-state index in [0.29, 0.717) is 22.9 Å². The van der Waals surface area contributed by atoms with Crippen LogP contribution in [0.15, 0.2) is 53.6 Å². The fraction of sp³-hybridized carbons (Fsp3) is 0.318. The van der Waals surface area contributed by atoms with Crippen molar-refractivity contribution in [1.82, 2.24) is 0 Å². The number of esters is 1. The van der Waals surface area contributed by atoms with Crippen LogP contribution in [0.3, 0.4) is 0 Å². The standard InChI is InChI=1S/C22H23N3O5/c1-4-28-21(27)16-13-17(25(24-16)15-8-6-5-7-9-15)20(26)23-14-10-11-18-19(12-14)30-22(2,3)29-18/h5-12,17H,4,13H2,1-3H3,(H,23,26). The lowest BCUT2D eigenvalue weighted by atomic mass is 10.1. The van der Waals surface area contributed by atoms with E-state index >= 15 is 0 Å². The molecule has 0 saturated carbocycles. The number of ether oxygens (including phenoxy) is 3. The van der Waals surface area contributed by atoms with Crippen LogP contribution >= 0.6 is 0 Å². The average molecular weight is 409 g/mol. The van der Waals surface area contributed by atoms with Gasteiger partial charge in [-0.3, -0.25) is 9.80 Å². The first-order valence-electron chi connectivity index (χ1n) is 9.78. The molecule has 0 bridgehead atoms. The third kappa shape index (κ3) is 3.94. The molecule has 1 unspecified atom stereocenters. The Morgan fingerprint density at radius 1 is 1.17 bits per heavy atom. The third-order valence-electron chi connectivity index (χ3n) is 4.67. The molecule has 2 aromatic carbocycles. The Balaban J connectivity index is 1.55. The molecular weight excluding hydrogens is 386 g/mol. The van der Waals surface area contributed by atoms with Crippen molar-refractivity contribution in [2.24, 2.45) is 5.10 Å². The monoisotopic (exact) mass is 409 g/mol. The summed E-state index contributed by atoms with van der Waals surface area (Å²) in [5.74, 6) is -0.368. The maximum Gasteiger partial charge on any atom is 0.354 e. The van der Waals surface area contributed by atoms with Gasteiger partial charge in [-0.2, -0.15) is 5.10 Å². The zero-order chi connectivity index (χ0) is 21.3. The summed E-state index contributed by atoms with van der Waals surface area (Å²) in [5.41, 5.74) is 1.50. The number of carbonyl (C=O) groups is 2. The molecule has 30 heavy (non-hydrogen) atoms. The molecule has 2 aromatic rings. The number of hydrazone groups is 1. The van der Waals surface area contributed by atoms with Gasteiger partial charge in [0, 0.05) is 32.0 Å². The number of hydrogen-bond acceptors (Lipinski definition) is 7. The van der Waals surface area contributed by atoms with Crippen molar-refractivity contribution in [2.75, 3.05) is 16.9 Å². The Morgan fingerprint density at radius 2 is 1.90 bits per heavy atom. The number of hydrogen-bond donors (Lipinski definition) is 1. The van der Waals surface area contributed by atoms with Gasteiger partial charge in [0.25, 0.3) is 0 Å². The van der Waals surface area contributed by atoms with E-state index in [1.807, 2.05) is 44.2 Å². The molecule has 1 amide bonds. The minimum atomic E-state index is -0.747. The van der Waals surface area contributed by atoms with Gasteiger partial charge in [-0.05, 0) is 31.2 Å². The molecule has 0 radical (unpaired) electrons. The average Bonchev–Trinajstić information content (AvgIpc) is 3.28. The fourth-order valence-corrected chi connectivity index (χ4v) is 3.40. The van der Waals surface area contributed by atoms with Gasteiger partial charge < -0.3 is 19.5 Å². The summed E-state index contributed by atoms with van der Waals surface area (Å²) in [6, 6.07) is 13.8. The second-order valence-electron chi connectivity index (χ2n) is 7.42. The summed E-state index contributed by atoms with van der Waals surface area (Å²) in [6.45, 7) is 5.60. The normalized spacial score (nSPS) is 18.7. The Morgan fingerprint density at radius 3 is 2.63 bits per heavy atom. The Kier molecular flexibility index (Phi) is 5.07. The van der Waals surface area contributed by atoms with Crippen molar-refractivity contribution >= 4 is 29.0 Å². The second kappa shape index (κ2) is 7.70. The molecule has 4 rings (SSSR count). The van der Waals surface area contributed by atoms with Crippen LogP contribution in [0.2, 0.25) is 0 Å². The van der Waals surface area contributed by atoms with Crippen molar-refractivity contribution in [3.63, 3.8) is 0 Å². The largest absolute Gasteiger partial charge is 0.461 e. The first-order chi connectivity index (χ1) is 14.4. The van der Waals surface area contributed by atoms with Crippen LogP contribution in [-0.4, -0.2) is 36.0 Å². The zero-order valence-corrected chi connectivity index (χ0v) is 17.0. The molecule has 1 atom stereocenters. The highest BCUT2D eigenvalue weighted by Crippen LogP contribution is 2.40. The highest BCUT2D eigenvalue weighted by Gasteiger charge is 2.37. The van der Waals surface area contributed by atoms with Crippen LogP contribution in [0.25, 0.3) is 0 Å². The summed E-state index contributed by atoms with van der Waals surface area (Å²) < 4.78 is 16.5. The molecule has 8 heteroatoms. The molecule has 8 nitrogen and oxygen atoms in total. The van der Waals surface area contributed by atoms with E-state index in [1.54, 1.807) is 30.1 Å². The van der Waals surface area contributed by atoms with Gasteiger partial charge >= 0.3 is 5.97 Å². The molecule has 2 heterocycles. The number of anilines is 2. The minimum Gasteiger partial charge on any atom is -0.461 e. The third-order valence-corrected chi connectivity index (χ3v) is 4.67. The maximum atomic E-state index is 13.1. The lowest BCUT2D eigenvalue weighted by Crippen LogP contribution is -2.38. The number of benzene rings is 2. The molecule has 0 fully saturated rings. The van der Waals surface area contributed by atoms with Gasteiger partial charge in [0.1, 0.15) is 11.8 Å². The number of nitrogens with one attached hydrogen (secondary N) is 1. The van der Waals surface area contributed by atoms with Gasteiger partial charge in [-0.25, -0.2) is 4.79 Å². The quantitative estimate of drug-likeness (QED) is 0.762. The lowest BCUT2D eigenvalue weighted by molar-refractivity contribution is -0.135. The molecule has 156 valence electrons. The number of carbonyl (C=O) groups excluding carboxylic acids is 2. The minimum absolute atomic E-state index is 0.150. The maximum absolute atomic E-state index is 13.1. The first kappa shape index (κ1) is 19.8. The van der Waals surface area contributed by atoms with Gasteiger partial charge in [0.05, 0.1) is 12.3 Å². The molecule has 0 saturated heterocycles. The van der Waals surface area contributed by atoms with Crippen LogP contribution in [0.5, 0.6) is 11.5 Å². The van der Waals surface area contributed by atoms with E-state index in [9.17, 15) is 9.59 Å². The fourth-order valence-electron chi connectivity index (χ4n) is 3.40.